The molecule has 0 amide bonds. The van der Waals surface area contributed by atoms with E-state index in [0.717, 1.165) is 65.3 Å². The van der Waals surface area contributed by atoms with Gasteiger partial charge in [0.25, 0.3) is 0 Å². The quantitative estimate of drug-likeness (QED) is 0.426. The van der Waals surface area contributed by atoms with Gasteiger partial charge in [-0.15, -0.1) is 0 Å². The first kappa shape index (κ1) is 22.8. The number of hydrogen-bond donors (Lipinski definition) is 4. The summed E-state index contributed by atoms with van der Waals surface area (Å²) in [5.41, 5.74) is 0. The maximum Gasteiger partial charge on any atom is 0.0667 e. The van der Waals surface area contributed by atoms with Gasteiger partial charge >= 0.3 is 0 Å². The minimum Gasteiger partial charge on any atom is -0.392 e. The maximum atomic E-state index is 10.4. The molecule has 25 heavy (non-hydrogen) atoms. The monoisotopic (exact) mass is 356 g/mol. The Balaban J connectivity index is 2.07. The third-order valence-corrected chi connectivity index (χ3v) is 5.03. The Morgan fingerprint density at radius 3 is 1.76 bits per heavy atom. The molecule has 0 aromatic heterocycles. The van der Waals surface area contributed by atoms with Gasteiger partial charge in [0.15, 0.2) is 0 Å². The van der Waals surface area contributed by atoms with Gasteiger partial charge in [-0.05, 0) is 6.42 Å². The van der Waals surface area contributed by atoms with E-state index in [2.05, 4.69) is 27.8 Å². The lowest BCUT2D eigenvalue weighted by atomic mass is 10.1. The molecule has 0 radical (unpaired) electrons. The summed E-state index contributed by atoms with van der Waals surface area (Å²) in [7, 11) is 0. The fourth-order valence-electron chi connectivity index (χ4n) is 3.40. The standard InChI is InChI=1S/C20H44N4O/c1-2-3-4-5-6-7-8-9-10-20(25)19-24-17-15-22-13-11-21-12-14-23-16-18-24/h20-23,25H,2-19H2,1H3. The third-order valence-electron chi connectivity index (χ3n) is 5.03. The van der Waals surface area contributed by atoms with E-state index in [1.165, 1.54) is 51.4 Å². The number of nitrogens with one attached hydrogen (secondary N) is 3. The summed E-state index contributed by atoms with van der Waals surface area (Å²) in [5, 5.41) is 20.7. The van der Waals surface area contributed by atoms with Crippen molar-refractivity contribution < 1.29 is 5.11 Å². The molecule has 1 saturated heterocycles. The molecule has 1 unspecified atom stereocenters. The third kappa shape index (κ3) is 14.6. The predicted molar refractivity (Wildman–Crippen MR) is 108 cm³/mol. The van der Waals surface area contributed by atoms with Crippen LogP contribution >= 0.6 is 0 Å². The zero-order valence-electron chi connectivity index (χ0n) is 16.7. The molecule has 0 aromatic carbocycles. The zero-order chi connectivity index (χ0) is 18.0. The number of aliphatic hydroxyl groups excluding tert-OH is 1. The van der Waals surface area contributed by atoms with Crippen LogP contribution < -0.4 is 16.0 Å². The highest BCUT2D eigenvalue weighted by molar-refractivity contribution is 4.69. The number of nitrogens with zero attached hydrogens (tertiary/aromatic N) is 1. The summed E-state index contributed by atoms with van der Waals surface area (Å²) < 4.78 is 0. The van der Waals surface area contributed by atoms with E-state index in [4.69, 9.17) is 0 Å². The van der Waals surface area contributed by atoms with Crippen LogP contribution in [-0.4, -0.2) is 75.0 Å². The Hall–Kier alpha value is -0.200. The van der Waals surface area contributed by atoms with Crippen LogP contribution in [0.1, 0.15) is 64.7 Å². The number of hydrogen-bond acceptors (Lipinski definition) is 5. The number of aliphatic hydroxyl groups is 1. The molecular weight excluding hydrogens is 312 g/mol. The van der Waals surface area contributed by atoms with Crippen molar-refractivity contribution in [2.45, 2.75) is 70.8 Å². The van der Waals surface area contributed by atoms with E-state index in [9.17, 15) is 5.11 Å². The van der Waals surface area contributed by atoms with Crippen LogP contribution in [0.25, 0.3) is 0 Å². The van der Waals surface area contributed by atoms with Crippen molar-refractivity contribution in [2.75, 3.05) is 58.9 Å². The highest BCUT2D eigenvalue weighted by Crippen LogP contribution is 2.11. The van der Waals surface area contributed by atoms with Crippen molar-refractivity contribution in [3.8, 4) is 0 Å². The van der Waals surface area contributed by atoms with Gasteiger partial charge < -0.3 is 21.1 Å². The van der Waals surface area contributed by atoms with Gasteiger partial charge in [-0.25, -0.2) is 0 Å². The van der Waals surface area contributed by atoms with E-state index in [0.29, 0.717) is 0 Å². The molecule has 4 N–H and O–H groups in total. The smallest absolute Gasteiger partial charge is 0.0667 e. The predicted octanol–water partition coefficient (Wildman–Crippen LogP) is 1.96. The Morgan fingerprint density at radius 2 is 1.20 bits per heavy atom. The zero-order valence-corrected chi connectivity index (χ0v) is 16.7. The Labute approximate surface area is 156 Å². The van der Waals surface area contributed by atoms with Crippen LogP contribution in [0.2, 0.25) is 0 Å². The molecule has 1 aliphatic heterocycles. The molecular formula is C20H44N4O. The van der Waals surface area contributed by atoms with Crippen molar-refractivity contribution in [1.82, 2.24) is 20.9 Å². The van der Waals surface area contributed by atoms with Gasteiger partial charge in [0.1, 0.15) is 0 Å². The van der Waals surface area contributed by atoms with Crippen LogP contribution in [0.5, 0.6) is 0 Å². The van der Waals surface area contributed by atoms with E-state index in [1.807, 2.05) is 0 Å². The molecule has 150 valence electrons. The minimum absolute atomic E-state index is 0.172. The van der Waals surface area contributed by atoms with Gasteiger partial charge in [0.05, 0.1) is 6.10 Å². The molecule has 1 aliphatic rings. The Kier molecular flexibility index (Phi) is 15.7. The highest BCUT2D eigenvalue weighted by Gasteiger charge is 2.11. The second kappa shape index (κ2) is 17.2. The summed E-state index contributed by atoms with van der Waals surface area (Å²) in [6.07, 6.45) is 11.4. The maximum absolute atomic E-state index is 10.4. The molecule has 0 bridgehead atoms. The summed E-state index contributed by atoms with van der Waals surface area (Å²) in [6, 6.07) is 0. The van der Waals surface area contributed by atoms with Gasteiger partial charge in [-0.1, -0.05) is 58.3 Å². The fraction of sp³-hybridized carbons (Fsp3) is 1.00. The second-order valence-electron chi connectivity index (χ2n) is 7.47. The van der Waals surface area contributed by atoms with Gasteiger partial charge in [0.2, 0.25) is 0 Å². The lowest BCUT2D eigenvalue weighted by Crippen LogP contribution is -2.44. The average molecular weight is 357 g/mol. The molecule has 1 fully saturated rings. The van der Waals surface area contributed by atoms with Crippen LogP contribution in [-0.2, 0) is 0 Å². The lowest BCUT2D eigenvalue weighted by molar-refractivity contribution is 0.103. The molecule has 0 aliphatic carbocycles. The summed E-state index contributed by atoms with van der Waals surface area (Å²) >= 11 is 0. The van der Waals surface area contributed by atoms with Crippen molar-refractivity contribution in [3.63, 3.8) is 0 Å². The number of β-amino-alcohol motifs (C(OH)–C–C–N with tert-alkyl or cyclic N) is 1. The van der Waals surface area contributed by atoms with Crippen molar-refractivity contribution in [2.24, 2.45) is 0 Å². The molecule has 0 spiro atoms. The van der Waals surface area contributed by atoms with Crippen LogP contribution in [0.15, 0.2) is 0 Å². The van der Waals surface area contributed by atoms with Crippen molar-refractivity contribution in [1.29, 1.82) is 0 Å². The molecule has 1 rings (SSSR count). The SMILES string of the molecule is CCCCCCCCCCC(O)CN1CCNCCNCCNCC1. The first-order valence-corrected chi connectivity index (χ1v) is 10.9. The van der Waals surface area contributed by atoms with Gasteiger partial charge in [-0.2, -0.15) is 0 Å². The molecule has 0 saturated carbocycles. The fourth-order valence-corrected chi connectivity index (χ4v) is 3.40. The van der Waals surface area contributed by atoms with Crippen LogP contribution in [0, 0.1) is 0 Å². The lowest BCUT2D eigenvalue weighted by Gasteiger charge is -2.26. The van der Waals surface area contributed by atoms with Crippen molar-refractivity contribution in [3.05, 3.63) is 0 Å². The Morgan fingerprint density at radius 1 is 0.720 bits per heavy atom. The second-order valence-corrected chi connectivity index (χ2v) is 7.47. The summed E-state index contributed by atoms with van der Waals surface area (Å²) in [4.78, 5) is 2.41. The summed E-state index contributed by atoms with van der Waals surface area (Å²) in [6.45, 7) is 11.3. The van der Waals surface area contributed by atoms with Crippen LogP contribution in [0.4, 0.5) is 0 Å². The summed E-state index contributed by atoms with van der Waals surface area (Å²) in [5.74, 6) is 0. The number of unbranched alkanes of at least 4 members (excludes halogenated alkanes) is 7. The first-order chi connectivity index (χ1) is 12.3. The average Bonchev–Trinajstić information content (AvgIpc) is 2.59. The van der Waals surface area contributed by atoms with E-state index in [1.54, 1.807) is 0 Å². The van der Waals surface area contributed by atoms with E-state index < -0.39 is 0 Å². The molecule has 1 heterocycles. The van der Waals surface area contributed by atoms with Gasteiger partial charge in [-0.3, -0.25) is 4.90 Å². The van der Waals surface area contributed by atoms with Gasteiger partial charge in [0, 0.05) is 58.9 Å². The highest BCUT2D eigenvalue weighted by atomic mass is 16.3. The molecule has 5 nitrogen and oxygen atoms in total. The Bertz CT molecular complexity index is 266. The molecule has 5 heteroatoms. The normalized spacial score (nSPS) is 19.9. The minimum atomic E-state index is -0.172. The van der Waals surface area contributed by atoms with E-state index in [-0.39, 0.29) is 6.10 Å². The first-order valence-electron chi connectivity index (χ1n) is 10.9. The largest absolute Gasteiger partial charge is 0.392 e. The van der Waals surface area contributed by atoms with Crippen LogP contribution in [0.3, 0.4) is 0 Å². The van der Waals surface area contributed by atoms with E-state index >= 15 is 0 Å². The topological polar surface area (TPSA) is 59.6 Å². The molecule has 0 aromatic rings. The van der Waals surface area contributed by atoms with Crippen molar-refractivity contribution >= 4 is 0 Å². The molecule has 1 atom stereocenters. The number of rotatable bonds is 11.